The van der Waals surface area contributed by atoms with Crippen LogP contribution in [0.4, 0.5) is 10.1 Å². The SMILES string of the molecule is O=C(NCCc1cccc(F)c1)c1cccc(NS(=O)(=O)c2ccc3c(c2)OCCO3)c1. The van der Waals surface area contributed by atoms with Gasteiger partial charge in [-0.15, -0.1) is 0 Å². The first-order chi connectivity index (χ1) is 15.4. The highest BCUT2D eigenvalue weighted by Crippen LogP contribution is 2.32. The second-order valence-electron chi connectivity index (χ2n) is 7.13. The molecule has 0 atom stereocenters. The number of anilines is 1. The lowest BCUT2D eigenvalue weighted by Gasteiger charge is -2.19. The summed E-state index contributed by atoms with van der Waals surface area (Å²) in [7, 11) is -3.90. The molecule has 9 heteroatoms. The lowest BCUT2D eigenvalue weighted by atomic mass is 10.1. The van der Waals surface area contributed by atoms with E-state index in [0.717, 1.165) is 5.56 Å². The highest BCUT2D eigenvalue weighted by atomic mass is 32.2. The number of benzene rings is 3. The molecule has 2 N–H and O–H groups in total. The highest BCUT2D eigenvalue weighted by Gasteiger charge is 2.20. The first kappa shape index (κ1) is 21.6. The maximum absolute atomic E-state index is 13.2. The molecule has 1 aliphatic heterocycles. The number of fused-ring (bicyclic) bond motifs is 1. The molecule has 1 amide bonds. The van der Waals surface area contributed by atoms with Crippen LogP contribution in [0, 0.1) is 5.82 Å². The van der Waals surface area contributed by atoms with Gasteiger partial charge in [0.05, 0.1) is 4.90 Å². The first-order valence-electron chi connectivity index (χ1n) is 9.96. The lowest BCUT2D eigenvalue weighted by molar-refractivity contribution is 0.0954. The zero-order valence-corrected chi connectivity index (χ0v) is 17.8. The molecule has 0 radical (unpaired) electrons. The molecule has 0 spiro atoms. The van der Waals surface area contributed by atoms with Crippen LogP contribution in [0.1, 0.15) is 15.9 Å². The molecule has 0 saturated heterocycles. The molecule has 32 heavy (non-hydrogen) atoms. The van der Waals surface area contributed by atoms with Crippen LogP contribution in [-0.2, 0) is 16.4 Å². The largest absolute Gasteiger partial charge is 0.486 e. The summed E-state index contributed by atoms with van der Waals surface area (Å²) in [6, 6.07) is 16.7. The number of ether oxygens (including phenoxy) is 2. The maximum atomic E-state index is 13.2. The topological polar surface area (TPSA) is 93.7 Å². The predicted molar refractivity (Wildman–Crippen MR) is 117 cm³/mol. The van der Waals surface area contributed by atoms with Gasteiger partial charge in [0.1, 0.15) is 19.0 Å². The van der Waals surface area contributed by atoms with E-state index in [2.05, 4.69) is 10.0 Å². The third-order valence-corrected chi connectivity index (χ3v) is 6.17. The van der Waals surface area contributed by atoms with Crippen molar-refractivity contribution in [2.24, 2.45) is 0 Å². The van der Waals surface area contributed by atoms with Crippen LogP contribution in [0.25, 0.3) is 0 Å². The van der Waals surface area contributed by atoms with E-state index in [0.29, 0.717) is 43.2 Å². The Hall–Kier alpha value is -3.59. The van der Waals surface area contributed by atoms with E-state index in [1.807, 2.05) is 0 Å². The van der Waals surface area contributed by atoms with Crippen LogP contribution in [0.5, 0.6) is 11.5 Å². The minimum absolute atomic E-state index is 0.0201. The van der Waals surface area contributed by atoms with E-state index in [1.165, 1.54) is 30.3 Å². The number of carbonyl (C=O) groups excluding carboxylic acids is 1. The smallest absolute Gasteiger partial charge is 0.262 e. The van der Waals surface area contributed by atoms with Gasteiger partial charge in [0.2, 0.25) is 0 Å². The first-order valence-corrected chi connectivity index (χ1v) is 11.4. The molecule has 1 aliphatic rings. The van der Waals surface area contributed by atoms with Gasteiger partial charge in [-0.25, -0.2) is 12.8 Å². The van der Waals surface area contributed by atoms with Crippen molar-refractivity contribution in [3.05, 3.63) is 83.7 Å². The van der Waals surface area contributed by atoms with Crippen molar-refractivity contribution in [1.29, 1.82) is 0 Å². The van der Waals surface area contributed by atoms with E-state index < -0.39 is 10.0 Å². The van der Waals surface area contributed by atoms with Crippen molar-refractivity contribution in [3.8, 4) is 11.5 Å². The Balaban J connectivity index is 1.41. The molecule has 0 fully saturated rings. The summed E-state index contributed by atoms with van der Waals surface area (Å²) in [5, 5.41) is 2.75. The van der Waals surface area contributed by atoms with Crippen LogP contribution in [0.2, 0.25) is 0 Å². The molecule has 0 bridgehead atoms. The van der Waals surface area contributed by atoms with Gasteiger partial charge >= 0.3 is 0 Å². The van der Waals surface area contributed by atoms with Gasteiger partial charge in [0.25, 0.3) is 15.9 Å². The fraction of sp³-hybridized carbons (Fsp3) is 0.174. The van der Waals surface area contributed by atoms with Gasteiger partial charge in [0, 0.05) is 23.9 Å². The number of amides is 1. The van der Waals surface area contributed by atoms with Gasteiger partial charge in [-0.2, -0.15) is 0 Å². The van der Waals surface area contributed by atoms with Crippen LogP contribution in [0.3, 0.4) is 0 Å². The second kappa shape index (κ2) is 9.27. The number of halogens is 1. The number of hydrogen-bond donors (Lipinski definition) is 2. The molecule has 7 nitrogen and oxygen atoms in total. The fourth-order valence-electron chi connectivity index (χ4n) is 3.24. The number of hydrogen-bond acceptors (Lipinski definition) is 5. The van der Waals surface area contributed by atoms with Gasteiger partial charge in [-0.3, -0.25) is 9.52 Å². The molecule has 166 valence electrons. The Kier molecular flexibility index (Phi) is 6.27. The molecule has 0 saturated carbocycles. The fourth-order valence-corrected chi connectivity index (χ4v) is 4.31. The van der Waals surface area contributed by atoms with Crippen LogP contribution in [-0.4, -0.2) is 34.1 Å². The third kappa shape index (κ3) is 5.17. The summed E-state index contributed by atoms with van der Waals surface area (Å²) in [6.07, 6.45) is 0.472. The van der Waals surface area contributed by atoms with E-state index in [-0.39, 0.29) is 22.3 Å². The Morgan fingerprint density at radius 3 is 2.53 bits per heavy atom. The van der Waals surface area contributed by atoms with Crippen molar-refractivity contribution in [3.63, 3.8) is 0 Å². The molecule has 0 aromatic heterocycles. The molecular weight excluding hydrogens is 435 g/mol. The number of rotatable bonds is 7. The quantitative estimate of drug-likeness (QED) is 0.569. The molecule has 3 aromatic rings. The van der Waals surface area contributed by atoms with E-state index >= 15 is 0 Å². The van der Waals surface area contributed by atoms with Crippen molar-refractivity contribution in [1.82, 2.24) is 5.32 Å². The van der Waals surface area contributed by atoms with Crippen molar-refractivity contribution in [2.45, 2.75) is 11.3 Å². The van der Waals surface area contributed by atoms with Gasteiger partial charge in [0.15, 0.2) is 11.5 Å². The Morgan fingerprint density at radius 1 is 0.938 bits per heavy atom. The highest BCUT2D eigenvalue weighted by molar-refractivity contribution is 7.92. The summed E-state index contributed by atoms with van der Waals surface area (Å²) in [4.78, 5) is 12.5. The monoisotopic (exact) mass is 456 g/mol. The normalized spacial score (nSPS) is 12.8. The summed E-state index contributed by atoms with van der Waals surface area (Å²) in [5.74, 6) is 0.172. The van der Waals surface area contributed by atoms with E-state index in [9.17, 15) is 17.6 Å². The summed E-state index contributed by atoms with van der Waals surface area (Å²) < 4.78 is 52.2. The Morgan fingerprint density at radius 2 is 1.72 bits per heavy atom. The number of nitrogens with one attached hydrogen (secondary N) is 2. The molecule has 0 aliphatic carbocycles. The predicted octanol–water partition coefficient (Wildman–Crippen LogP) is 3.37. The Bertz CT molecular complexity index is 1250. The lowest BCUT2D eigenvalue weighted by Crippen LogP contribution is -2.25. The van der Waals surface area contributed by atoms with E-state index in [4.69, 9.17) is 9.47 Å². The number of sulfonamides is 1. The maximum Gasteiger partial charge on any atom is 0.262 e. The Labute approximate surface area is 185 Å². The van der Waals surface area contributed by atoms with Crippen molar-refractivity contribution in [2.75, 3.05) is 24.5 Å². The van der Waals surface area contributed by atoms with Gasteiger partial charge in [-0.1, -0.05) is 18.2 Å². The zero-order chi connectivity index (χ0) is 22.6. The summed E-state index contributed by atoms with van der Waals surface area (Å²) in [6.45, 7) is 1.07. The molecular formula is C23H21FN2O5S. The molecule has 3 aromatic carbocycles. The summed E-state index contributed by atoms with van der Waals surface area (Å²) in [5.41, 5.74) is 1.32. The van der Waals surface area contributed by atoms with Crippen LogP contribution >= 0.6 is 0 Å². The minimum atomic E-state index is -3.90. The van der Waals surface area contributed by atoms with Crippen LogP contribution in [0.15, 0.2) is 71.6 Å². The van der Waals surface area contributed by atoms with Crippen molar-refractivity contribution < 1.29 is 27.1 Å². The van der Waals surface area contributed by atoms with Gasteiger partial charge in [-0.05, 0) is 54.4 Å². The number of carbonyl (C=O) groups is 1. The molecule has 1 heterocycles. The average Bonchev–Trinajstić information content (AvgIpc) is 2.78. The second-order valence-corrected chi connectivity index (χ2v) is 8.81. The molecule has 0 unspecified atom stereocenters. The molecule has 4 rings (SSSR count). The van der Waals surface area contributed by atoms with Crippen molar-refractivity contribution >= 4 is 21.6 Å². The summed E-state index contributed by atoms with van der Waals surface area (Å²) >= 11 is 0. The zero-order valence-electron chi connectivity index (χ0n) is 17.0. The minimum Gasteiger partial charge on any atom is -0.486 e. The average molecular weight is 456 g/mol. The van der Waals surface area contributed by atoms with Crippen LogP contribution < -0.4 is 19.5 Å². The third-order valence-electron chi connectivity index (χ3n) is 4.79. The standard InChI is InChI=1S/C23H21FN2O5S/c24-18-5-1-3-16(13-18)9-10-25-23(27)17-4-2-6-19(14-17)26-32(28,29)20-7-8-21-22(15-20)31-12-11-30-21/h1-8,13-15,26H,9-12H2,(H,25,27). The van der Waals surface area contributed by atoms with E-state index in [1.54, 1.807) is 36.4 Å². The van der Waals surface area contributed by atoms with Gasteiger partial charge < -0.3 is 14.8 Å².